The van der Waals surface area contributed by atoms with E-state index in [0.29, 0.717) is 6.04 Å². The monoisotopic (exact) mass is 200 g/mol. The predicted molar refractivity (Wildman–Crippen MR) is 59.3 cm³/mol. The molecular formula is C11H24N2O. The van der Waals surface area contributed by atoms with Gasteiger partial charge in [0, 0.05) is 19.2 Å². The van der Waals surface area contributed by atoms with Gasteiger partial charge in [-0.2, -0.15) is 0 Å². The second-order valence-electron chi connectivity index (χ2n) is 5.15. The topological polar surface area (TPSA) is 38.5 Å². The first-order valence-electron chi connectivity index (χ1n) is 5.53. The van der Waals surface area contributed by atoms with Crippen molar-refractivity contribution in [3.8, 4) is 0 Å². The van der Waals surface area contributed by atoms with Crippen molar-refractivity contribution < 1.29 is 4.74 Å². The highest BCUT2D eigenvalue weighted by atomic mass is 16.5. The van der Waals surface area contributed by atoms with Crippen LogP contribution in [0.1, 0.15) is 26.7 Å². The Balaban J connectivity index is 2.36. The Kier molecular flexibility index (Phi) is 4.35. The van der Waals surface area contributed by atoms with E-state index < -0.39 is 0 Å². The van der Waals surface area contributed by atoms with Crippen LogP contribution in [-0.4, -0.2) is 44.3 Å². The first kappa shape index (κ1) is 12.0. The lowest BCUT2D eigenvalue weighted by atomic mass is 9.92. The average molecular weight is 200 g/mol. The summed E-state index contributed by atoms with van der Waals surface area (Å²) in [5.74, 6) is 0. The number of hydrogen-bond acceptors (Lipinski definition) is 3. The van der Waals surface area contributed by atoms with Gasteiger partial charge in [-0.25, -0.2) is 0 Å². The second-order valence-corrected chi connectivity index (χ2v) is 5.15. The summed E-state index contributed by atoms with van der Waals surface area (Å²) in [6, 6.07) is 0.592. The molecule has 1 aliphatic rings. The van der Waals surface area contributed by atoms with Crippen LogP contribution < -0.4 is 5.73 Å². The van der Waals surface area contributed by atoms with E-state index in [-0.39, 0.29) is 5.41 Å². The second kappa shape index (κ2) is 5.10. The third kappa shape index (κ3) is 3.56. The number of nitrogens with zero attached hydrogens (tertiary/aromatic N) is 1. The zero-order valence-corrected chi connectivity index (χ0v) is 9.75. The van der Waals surface area contributed by atoms with Gasteiger partial charge in [0.1, 0.15) is 0 Å². The molecule has 14 heavy (non-hydrogen) atoms. The van der Waals surface area contributed by atoms with E-state index in [0.717, 1.165) is 26.3 Å². The smallest absolute Gasteiger partial charge is 0.0621 e. The summed E-state index contributed by atoms with van der Waals surface area (Å²) in [5, 5.41) is 0. The molecule has 0 aromatic carbocycles. The van der Waals surface area contributed by atoms with Crippen LogP contribution in [0.15, 0.2) is 0 Å². The molecule has 2 N–H and O–H groups in total. The molecule has 3 nitrogen and oxygen atoms in total. The van der Waals surface area contributed by atoms with Crippen LogP contribution in [0.2, 0.25) is 0 Å². The van der Waals surface area contributed by atoms with Gasteiger partial charge in [-0.15, -0.1) is 0 Å². The Morgan fingerprint density at radius 2 is 2.21 bits per heavy atom. The summed E-state index contributed by atoms with van der Waals surface area (Å²) >= 11 is 0. The van der Waals surface area contributed by atoms with Gasteiger partial charge in [0.25, 0.3) is 0 Å². The summed E-state index contributed by atoms with van der Waals surface area (Å²) < 4.78 is 5.48. The summed E-state index contributed by atoms with van der Waals surface area (Å²) in [6.45, 7) is 8.05. The van der Waals surface area contributed by atoms with Crippen LogP contribution in [0.25, 0.3) is 0 Å². The highest BCUT2D eigenvalue weighted by Gasteiger charge is 2.24. The predicted octanol–water partition coefficient (Wildman–Crippen LogP) is 1.08. The molecule has 84 valence electrons. The Morgan fingerprint density at radius 1 is 1.50 bits per heavy atom. The van der Waals surface area contributed by atoms with Crippen molar-refractivity contribution in [1.29, 1.82) is 0 Å². The van der Waals surface area contributed by atoms with Crippen LogP contribution in [0, 0.1) is 5.41 Å². The number of hydrogen-bond donors (Lipinski definition) is 1. The van der Waals surface area contributed by atoms with Crippen LogP contribution in [0.3, 0.4) is 0 Å². The molecule has 1 rings (SSSR count). The number of rotatable bonds is 4. The van der Waals surface area contributed by atoms with Crippen molar-refractivity contribution in [2.24, 2.45) is 11.1 Å². The van der Waals surface area contributed by atoms with Gasteiger partial charge in [-0.3, -0.25) is 0 Å². The molecule has 1 unspecified atom stereocenters. The highest BCUT2D eigenvalue weighted by molar-refractivity contribution is 4.78. The molecule has 1 aliphatic heterocycles. The standard InChI is InChI=1S/C11H24N2O/c1-11(2,8-12)9-13(3)10-5-4-6-14-7-10/h10H,4-9,12H2,1-3H3. The molecule has 1 heterocycles. The molecule has 1 fully saturated rings. The zero-order valence-electron chi connectivity index (χ0n) is 9.75. The van der Waals surface area contributed by atoms with Gasteiger partial charge >= 0.3 is 0 Å². The normalized spacial score (nSPS) is 24.2. The number of ether oxygens (including phenoxy) is 1. The minimum atomic E-state index is 0.214. The maximum absolute atomic E-state index is 5.73. The van der Waals surface area contributed by atoms with Crippen molar-refractivity contribution in [2.75, 3.05) is 33.4 Å². The van der Waals surface area contributed by atoms with Crippen LogP contribution in [0.5, 0.6) is 0 Å². The Bertz CT molecular complexity index is 165. The number of likely N-dealkylation sites (N-methyl/N-ethyl adjacent to an activating group) is 1. The fraction of sp³-hybridized carbons (Fsp3) is 1.00. The van der Waals surface area contributed by atoms with E-state index in [1.165, 1.54) is 12.8 Å². The van der Waals surface area contributed by atoms with Gasteiger partial charge in [-0.05, 0) is 31.8 Å². The molecular weight excluding hydrogens is 176 g/mol. The van der Waals surface area contributed by atoms with Crippen molar-refractivity contribution in [3.05, 3.63) is 0 Å². The first-order valence-corrected chi connectivity index (χ1v) is 5.53. The van der Waals surface area contributed by atoms with E-state index in [9.17, 15) is 0 Å². The fourth-order valence-electron chi connectivity index (χ4n) is 1.94. The molecule has 0 aromatic heterocycles. The third-order valence-electron chi connectivity index (χ3n) is 2.99. The Hall–Kier alpha value is -0.120. The SMILES string of the molecule is CN(CC(C)(C)CN)C1CCCOC1. The van der Waals surface area contributed by atoms with E-state index in [1.54, 1.807) is 0 Å². The van der Waals surface area contributed by atoms with E-state index in [1.807, 2.05) is 0 Å². The number of nitrogens with two attached hydrogens (primary N) is 1. The molecule has 0 amide bonds. The summed E-state index contributed by atoms with van der Waals surface area (Å²) in [5.41, 5.74) is 5.94. The van der Waals surface area contributed by atoms with Crippen molar-refractivity contribution >= 4 is 0 Å². The molecule has 0 radical (unpaired) electrons. The quantitative estimate of drug-likeness (QED) is 0.738. The van der Waals surface area contributed by atoms with Gasteiger partial charge in [0.15, 0.2) is 0 Å². The maximum atomic E-state index is 5.73. The molecule has 0 bridgehead atoms. The van der Waals surface area contributed by atoms with Crippen LogP contribution >= 0.6 is 0 Å². The third-order valence-corrected chi connectivity index (χ3v) is 2.99. The molecule has 1 atom stereocenters. The molecule has 0 aromatic rings. The lowest BCUT2D eigenvalue weighted by Crippen LogP contribution is -2.45. The van der Waals surface area contributed by atoms with Crippen LogP contribution in [-0.2, 0) is 4.74 Å². The summed E-state index contributed by atoms with van der Waals surface area (Å²) in [7, 11) is 2.18. The average Bonchev–Trinajstić information content (AvgIpc) is 2.19. The molecule has 0 aliphatic carbocycles. The minimum Gasteiger partial charge on any atom is -0.380 e. The molecule has 3 heteroatoms. The molecule has 0 spiro atoms. The van der Waals surface area contributed by atoms with Crippen molar-refractivity contribution in [2.45, 2.75) is 32.7 Å². The first-order chi connectivity index (χ1) is 6.55. The molecule has 0 saturated carbocycles. The minimum absolute atomic E-state index is 0.214. The van der Waals surface area contributed by atoms with Gasteiger partial charge < -0.3 is 15.4 Å². The lowest BCUT2D eigenvalue weighted by molar-refractivity contribution is 0.0166. The van der Waals surface area contributed by atoms with Crippen LogP contribution in [0.4, 0.5) is 0 Å². The largest absolute Gasteiger partial charge is 0.380 e. The van der Waals surface area contributed by atoms with Gasteiger partial charge in [0.2, 0.25) is 0 Å². The van der Waals surface area contributed by atoms with Gasteiger partial charge in [0.05, 0.1) is 6.61 Å². The zero-order chi connectivity index (χ0) is 10.6. The van der Waals surface area contributed by atoms with Crippen molar-refractivity contribution in [3.63, 3.8) is 0 Å². The maximum Gasteiger partial charge on any atom is 0.0621 e. The summed E-state index contributed by atoms with van der Waals surface area (Å²) in [6.07, 6.45) is 2.45. The van der Waals surface area contributed by atoms with E-state index >= 15 is 0 Å². The highest BCUT2D eigenvalue weighted by Crippen LogP contribution is 2.19. The fourth-order valence-corrected chi connectivity index (χ4v) is 1.94. The lowest BCUT2D eigenvalue weighted by Gasteiger charge is -2.36. The molecule has 1 saturated heterocycles. The van der Waals surface area contributed by atoms with E-state index in [4.69, 9.17) is 10.5 Å². The Morgan fingerprint density at radius 3 is 2.71 bits per heavy atom. The Labute approximate surface area is 87.6 Å². The van der Waals surface area contributed by atoms with E-state index in [2.05, 4.69) is 25.8 Å². The van der Waals surface area contributed by atoms with Crippen molar-refractivity contribution in [1.82, 2.24) is 4.90 Å². The summed E-state index contributed by atoms with van der Waals surface area (Å²) in [4.78, 5) is 2.39. The van der Waals surface area contributed by atoms with Gasteiger partial charge in [-0.1, -0.05) is 13.8 Å².